The first kappa shape index (κ1) is 23.7. The van der Waals surface area contributed by atoms with Crippen molar-refractivity contribution in [3.8, 4) is 5.75 Å². The second kappa shape index (κ2) is 10.5. The van der Waals surface area contributed by atoms with Gasteiger partial charge in [-0.05, 0) is 43.2 Å². The molecule has 2 aromatic rings. The van der Waals surface area contributed by atoms with Crippen molar-refractivity contribution in [2.75, 3.05) is 37.4 Å². The summed E-state index contributed by atoms with van der Waals surface area (Å²) in [6.07, 6.45) is 3.78. The topological polar surface area (TPSA) is 87.7 Å². The summed E-state index contributed by atoms with van der Waals surface area (Å²) in [6.45, 7) is 0.909. The van der Waals surface area contributed by atoms with Crippen molar-refractivity contribution >= 4 is 50.5 Å². The minimum absolute atomic E-state index is 0.119. The van der Waals surface area contributed by atoms with Gasteiger partial charge in [-0.25, -0.2) is 8.42 Å². The molecule has 1 saturated heterocycles. The minimum Gasteiger partial charge on any atom is -0.495 e. The average molecular weight is 486 g/mol. The van der Waals surface area contributed by atoms with Crippen LogP contribution in [-0.2, 0) is 14.8 Å². The molecule has 168 valence electrons. The van der Waals surface area contributed by atoms with E-state index >= 15 is 0 Å². The number of sulfonamides is 1. The van der Waals surface area contributed by atoms with Crippen LogP contribution in [0.1, 0.15) is 25.7 Å². The van der Waals surface area contributed by atoms with Crippen LogP contribution in [0.4, 0.5) is 11.4 Å². The van der Waals surface area contributed by atoms with Gasteiger partial charge in [0.1, 0.15) is 5.75 Å². The molecule has 0 aliphatic carbocycles. The number of carbonyl (C=O) groups excluding carboxylic acids is 1. The van der Waals surface area contributed by atoms with Crippen molar-refractivity contribution in [3.63, 3.8) is 0 Å². The van der Waals surface area contributed by atoms with Gasteiger partial charge in [-0.1, -0.05) is 42.1 Å². The lowest BCUT2D eigenvalue weighted by atomic mass is 10.2. The number of hydrogen-bond acceptors (Lipinski definition) is 5. The molecule has 0 saturated carbocycles. The number of amides is 1. The number of nitrogens with zero attached hydrogens (tertiary/aromatic N) is 1. The second-order valence-corrected chi connectivity index (χ2v) is 9.91. The van der Waals surface area contributed by atoms with Crippen LogP contribution in [-0.4, -0.2) is 45.4 Å². The van der Waals surface area contributed by atoms with E-state index in [0.717, 1.165) is 25.7 Å². The molecule has 3 rings (SSSR count). The number of hydrogen-bond donors (Lipinski definition) is 2. The van der Waals surface area contributed by atoms with Crippen LogP contribution in [0.3, 0.4) is 0 Å². The van der Waals surface area contributed by atoms with Crippen LogP contribution in [0.2, 0.25) is 10.0 Å². The van der Waals surface area contributed by atoms with Gasteiger partial charge in [0.25, 0.3) is 0 Å². The first-order valence-electron chi connectivity index (χ1n) is 9.99. The maximum atomic E-state index is 13.1. The summed E-state index contributed by atoms with van der Waals surface area (Å²) in [6, 6.07) is 9.55. The third-order valence-corrected chi connectivity index (χ3v) is 7.75. The third kappa shape index (κ3) is 5.83. The Bertz CT molecular complexity index is 1040. The largest absolute Gasteiger partial charge is 0.495 e. The summed E-state index contributed by atoms with van der Waals surface area (Å²) < 4.78 is 33.0. The van der Waals surface area contributed by atoms with Crippen LogP contribution in [0.15, 0.2) is 41.3 Å². The van der Waals surface area contributed by atoms with Gasteiger partial charge in [0.15, 0.2) is 0 Å². The van der Waals surface area contributed by atoms with E-state index in [0.29, 0.717) is 35.2 Å². The molecule has 1 heterocycles. The highest BCUT2D eigenvalue weighted by Crippen LogP contribution is 2.31. The van der Waals surface area contributed by atoms with E-state index in [2.05, 4.69) is 10.6 Å². The molecule has 2 N–H and O–H groups in total. The van der Waals surface area contributed by atoms with Crippen molar-refractivity contribution in [2.24, 2.45) is 0 Å². The van der Waals surface area contributed by atoms with Crippen molar-refractivity contribution in [3.05, 3.63) is 46.4 Å². The summed E-state index contributed by atoms with van der Waals surface area (Å²) in [5.74, 6) is 0.0652. The fourth-order valence-electron chi connectivity index (χ4n) is 3.39. The van der Waals surface area contributed by atoms with E-state index in [4.69, 9.17) is 27.9 Å². The molecule has 10 heteroatoms. The van der Waals surface area contributed by atoms with Crippen LogP contribution >= 0.6 is 23.2 Å². The molecule has 2 aromatic carbocycles. The molecule has 0 unspecified atom stereocenters. The Kier molecular flexibility index (Phi) is 8.05. The van der Waals surface area contributed by atoms with E-state index in [1.54, 1.807) is 24.3 Å². The molecule has 31 heavy (non-hydrogen) atoms. The van der Waals surface area contributed by atoms with E-state index in [9.17, 15) is 13.2 Å². The summed E-state index contributed by atoms with van der Waals surface area (Å²) in [5, 5.41) is 6.21. The molecule has 1 aliphatic heterocycles. The standard InChI is InChI=1S/C21H25Cl2N3O4S/c1-30-19-10-9-15(31(28,29)26-11-4-2-3-5-12-26)13-18(19)24-14-20(27)25-17-8-6-7-16(22)21(17)23/h6-10,13,24H,2-5,11-12,14H2,1H3,(H,25,27). The molecule has 1 aliphatic rings. The SMILES string of the molecule is COc1ccc(S(=O)(=O)N2CCCCCC2)cc1NCC(=O)Nc1cccc(Cl)c1Cl. The predicted octanol–water partition coefficient (Wildman–Crippen LogP) is 4.62. The number of methoxy groups -OCH3 is 1. The third-order valence-electron chi connectivity index (χ3n) is 5.04. The van der Waals surface area contributed by atoms with Gasteiger partial charge in [0.05, 0.1) is 40.0 Å². The Morgan fingerprint density at radius 2 is 1.77 bits per heavy atom. The maximum absolute atomic E-state index is 13.1. The van der Waals surface area contributed by atoms with E-state index in [-0.39, 0.29) is 22.4 Å². The lowest BCUT2D eigenvalue weighted by Crippen LogP contribution is -2.32. The quantitative estimate of drug-likeness (QED) is 0.597. The van der Waals surface area contributed by atoms with Crippen LogP contribution in [0.5, 0.6) is 5.75 Å². The maximum Gasteiger partial charge on any atom is 0.243 e. The Balaban J connectivity index is 1.74. The van der Waals surface area contributed by atoms with E-state index in [1.807, 2.05) is 0 Å². The molecule has 0 bridgehead atoms. The molecule has 1 amide bonds. The van der Waals surface area contributed by atoms with Gasteiger partial charge < -0.3 is 15.4 Å². The lowest BCUT2D eigenvalue weighted by molar-refractivity contribution is -0.114. The molecule has 7 nitrogen and oxygen atoms in total. The van der Waals surface area contributed by atoms with Gasteiger partial charge in [-0.15, -0.1) is 0 Å². The molecule has 0 atom stereocenters. The first-order valence-corrected chi connectivity index (χ1v) is 12.2. The first-order chi connectivity index (χ1) is 14.8. The van der Waals surface area contributed by atoms with Gasteiger partial charge >= 0.3 is 0 Å². The molecule has 1 fully saturated rings. The summed E-state index contributed by atoms with van der Waals surface area (Å²) >= 11 is 12.1. The van der Waals surface area contributed by atoms with Gasteiger partial charge in [-0.3, -0.25) is 4.79 Å². The van der Waals surface area contributed by atoms with Crippen molar-refractivity contribution in [1.82, 2.24) is 4.31 Å². The molecular formula is C21H25Cl2N3O4S. The Labute approximate surface area is 192 Å². The molecule has 0 radical (unpaired) electrons. The number of carbonyl (C=O) groups is 1. The lowest BCUT2D eigenvalue weighted by Gasteiger charge is -2.21. The zero-order valence-electron chi connectivity index (χ0n) is 17.2. The highest BCUT2D eigenvalue weighted by molar-refractivity contribution is 7.89. The summed E-state index contributed by atoms with van der Waals surface area (Å²) in [7, 11) is -2.14. The molecule has 0 spiro atoms. The fraction of sp³-hybridized carbons (Fsp3) is 0.381. The number of halogens is 2. The number of benzene rings is 2. The highest BCUT2D eigenvalue weighted by Gasteiger charge is 2.26. The average Bonchev–Trinajstić information content (AvgIpc) is 3.05. The zero-order chi connectivity index (χ0) is 22.4. The van der Waals surface area contributed by atoms with Crippen molar-refractivity contribution in [1.29, 1.82) is 0 Å². The monoisotopic (exact) mass is 485 g/mol. The van der Waals surface area contributed by atoms with Crippen molar-refractivity contribution < 1.29 is 17.9 Å². The normalized spacial score (nSPS) is 15.2. The van der Waals surface area contributed by atoms with Gasteiger partial charge in [0.2, 0.25) is 15.9 Å². The molecule has 0 aromatic heterocycles. The van der Waals surface area contributed by atoms with Crippen molar-refractivity contribution in [2.45, 2.75) is 30.6 Å². The smallest absolute Gasteiger partial charge is 0.243 e. The van der Waals surface area contributed by atoms with Gasteiger partial charge in [0, 0.05) is 13.1 Å². The van der Waals surface area contributed by atoms with Crippen LogP contribution < -0.4 is 15.4 Å². The number of anilines is 2. The van der Waals surface area contributed by atoms with Crippen LogP contribution in [0, 0.1) is 0 Å². The molecular weight excluding hydrogens is 461 g/mol. The Morgan fingerprint density at radius 3 is 2.45 bits per heavy atom. The minimum atomic E-state index is -3.63. The second-order valence-electron chi connectivity index (χ2n) is 7.18. The number of ether oxygens (including phenoxy) is 1. The summed E-state index contributed by atoms with van der Waals surface area (Å²) in [5.41, 5.74) is 0.802. The van der Waals surface area contributed by atoms with E-state index in [1.165, 1.54) is 23.5 Å². The van der Waals surface area contributed by atoms with E-state index < -0.39 is 10.0 Å². The van der Waals surface area contributed by atoms with Gasteiger partial charge in [-0.2, -0.15) is 4.31 Å². The van der Waals surface area contributed by atoms with Crippen LogP contribution in [0.25, 0.3) is 0 Å². The number of nitrogens with one attached hydrogen (secondary N) is 2. The fourth-order valence-corrected chi connectivity index (χ4v) is 5.28. The number of rotatable bonds is 7. The predicted molar refractivity (Wildman–Crippen MR) is 124 cm³/mol. The Morgan fingerprint density at radius 1 is 1.06 bits per heavy atom. The zero-order valence-corrected chi connectivity index (χ0v) is 19.5. The Hall–Kier alpha value is -2.00. The highest BCUT2D eigenvalue weighted by atomic mass is 35.5. The summed E-state index contributed by atoms with van der Waals surface area (Å²) in [4.78, 5) is 12.5.